The predicted molar refractivity (Wildman–Crippen MR) is 88.2 cm³/mol. The number of carbonyl (C=O) groups is 2. The van der Waals surface area contributed by atoms with E-state index in [9.17, 15) is 9.59 Å². The van der Waals surface area contributed by atoms with Crippen molar-refractivity contribution in [3.63, 3.8) is 0 Å². The van der Waals surface area contributed by atoms with Crippen LogP contribution in [0.1, 0.15) is 11.4 Å². The van der Waals surface area contributed by atoms with Gasteiger partial charge in [0.25, 0.3) is 0 Å². The van der Waals surface area contributed by atoms with Gasteiger partial charge in [0.2, 0.25) is 5.89 Å². The van der Waals surface area contributed by atoms with E-state index in [0.717, 1.165) is 10.6 Å². The normalized spacial score (nSPS) is 10.6. The summed E-state index contributed by atoms with van der Waals surface area (Å²) in [5.41, 5.74) is 1.29. The average molecular weight is 345 g/mol. The molecule has 0 atom stereocenters. The number of amides is 2. The number of thiophene rings is 1. The fourth-order valence-electron chi connectivity index (χ4n) is 2.05. The Morgan fingerprint density at radius 3 is 2.88 bits per heavy atom. The lowest BCUT2D eigenvalue weighted by molar-refractivity contribution is -0.136. The zero-order valence-electron chi connectivity index (χ0n) is 13.1. The Labute approximate surface area is 141 Å². The van der Waals surface area contributed by atoms with E-state index in [2.05, 4.69) is 20.7 Å². The maximum atomic E-state index is 11.9. The number of anilines is 1. The molecule has 0 bridgehead atoms. The van der Waals surface area contributed by atoms with E-state index in [-0.39, 0.29) is 6.54 Å². The first-order chi connectivity index (χ1) is 11.5. The lowest BCUT2D eigenvalue weighted by Gasteiger charge is -2.05. The zero-order chi connectivity index (χ0) is 17.1. The molecule has 0 aliphatic carbocycles. The van der Waals surface area contributed by atoms with Crippen molar-refractivity contribution in [1.82, 2.24) is 20.1 Å². The van der Waals surface area contributed by atoms with E-state index in [0.29, 0.717) is 17.4 Å². The van der Waals surface area contributed by atoms with Gasteiger partial charge in [0, 0.05) is 13.1 Å². The maximum absolute atomic E-state index is 11.9. The van der Waals surface area contributed by atoms with Crippen LogP contribution in [0.25, 0.3) is 10.8 Å². The van der Waals surface area contributed by atoms with Gasteiger partial charge in [-0.2, -0.15) is 5.10 Å². The molecular weight excluding hydrogens is 330 g/mol. The molecule has 3 heterocycles. The highest BCUT2D eigenvalue weighted by Crippen LogP contribution is 2.23. The SMILES string of the molecule is Cc1cc(NC(=O)C(=O)NCc2coc(-c3cccs3)n2)n(C)n1. The monoisotopic (exact) mass is 345 g/mol. The first-order valence-corrected chi connectivity index (χ1v) is 7.99. The Bertz CT molecular complexity index is 866. The van der Waals surface area contributed by atoms with Gasteiger partial charge in [0.15, 0.2) is 0 Å². The fraction of sp³-hybridized carbons (Fsp3) is 0.200. The number of aromatic nitrogens is 3. The van der Waals surface area contributed by atoms with Gasteiger partial charge >= 0.3 is 11.8 Å². The summed E-state index contributed by atoms with van der Waals surface area (Å²) in [4.78, 5) is 28.9. The second-order valence-electron chi connectivity index (χ2n) is 5.05. The molecule has 0 radical (unpaired) electrons. The third-order valence-electron chi connectivity index (χ3n) is 3.16. The molecule has 0 fully saturated rings. The molecular formula is C15H15N5O3S. The number of nitrogens with zero attached hydrogens (tertiary/aromatic N) is 3. The molecule has 9 heteroatoms. The van der Waals surface area contributed by atoms with Crippen molar-refractivity contribution in [1.29, 1.82) is 0 Å². The van der Waals surface area contributed by atoms with E-state index in [1.54, 1.807) is 20.0 Å². The topological polar surface area (TPSA) is 102 Å². The molecule has 0 aliphatic rings. The van der Waals surface area contributed by atoms with Crippen molar-refractivity contribution < 1.29 is 14.0 Å². The van der Waals surface area contributed by atoms with Gasteiger partial charge in [-0.1, -0.05) is 6.07 Å². The highest BCUT2D eigenvalue weighted by atomic mass is 32.1. The van der Waals surface area contributed by atoms with E-state index < -0.39 is 11.8 Å². The summed E-state index contributed by atoms with van der Waals surface area (Å²) >= 11 is 1.51. The van der Waals surface area contributed by atoms with E-state index in [1.165, 1.54) is 22.3 Å². The van der Waals surface area contributed by atoms with Gasteiger partial charge in [-0.25, -0.2) is 4.98 Å². The molecule has 0 saturated carbocycles. The van der Waals surface area contributed by atoms with Crippen LogP contribution in [0.2, 0.25) is 0 Å². The molecule has 124 valence electrons. The zero-order valence-corrected chi connectivity index (χ0v) is 13.9. The molecule has 24 heavy (non-hydrogen) atoms. The number of hydrogen-bond donors (Lipinski definition) is 2. The lowest BCUT2D eigenvalue weighted by atomic mass is 10.4. The van der Waals surface area contributed by atoms with Crippen LogP contribution in [0.4, 0.5) is 5.82 Å². The molecule has 2 amide bonds. The molecule has 3 rings (SSSR count). The van der Waals surface area contributed by atoms with Crippen LogP contribution in [-0.4, -0.2) is 26.6 Å². The second kappa shape index (κ2) is 6.67. The highest BCUT2D eigenvalue weighted by molar-refractivity contribution is 7.13. The number of rotatable bonds is 4. The summed E-state index contributed by atoms with van der Waals surface area (Å²) in [6, 6.07) is 5.47. The van der Waals surface area contributed by atoms with Crippen molar-refractivity contribution in [2.24, 2.45) is 7.05 Å². The number of nitrogens with one attached hydrogen (secondary N) is 2. The minimum Gasteiger partial charge on any atom is -0.443 e. The van der Waals surface area contributed by atoms with Gasteiger partial charge in [-0.15, -0.1) is 11.3 Å². The smallest absolute Gasteiger partial charge is 0.314 e. The Morgan fingerprint density at radius 2 is 2.21 bits per heavy atom. The van der Waals surface area contributed by atoms with Gasteiger partial charge in [-0.3, -0.25) is 14.3 Å². The first-order valence-electron chi connectivity index (χ1n) is 7.11. The van der Waals surface area contributed by atoms with Gasteiger partial charge in [0.1, 0.15) is 12.1 Å². The third-order valence-corrected chi connectivity index (χ3v) is 4.02. The summed E-state index contributed by atoms with van der Waals surface area (Å²) in [6.45, 7) is 1.90. The average Bonchev–Trinajstić information content (AvgIpc) is 3.26. The van der Waals surface area contributed by atoms with Crippen LogP contribution in [-0.2, 0) is 23.2 Å². The van der Waals surface area contributed by atoms with Crippen LogP contribution in [0.5, 0.6) is 0 Å². The molecule has 0 spiro atoms. The van der Waals surface area contributed by atoms with Gasteiger partial charge < -0.3 is 15.1 Å². The van der Waals surface area contributed by atoms with E-state index in [1.807, 2.05) is 17.5 Å². The van der Waals surface area contributed by atoms with Crippen LogP contribution in [0, 0.1) is 6.92 Å². The van der Waals surface area contributed by atoms with Crippen molar-refractivity contribution in [2.75, 3.05) is 5.32 Å². The Balaban J connectivity index is 1.55. The standard InChI is InChI=1S/C15H15N5O3S/c1-9-6-12(20(2)19-9)18-14(22)13(21)16-7-10-8-23-15(17-10)11-4-3-5-24-11/h3-6,8H,7H2,1-2H3,(H,16,21)(H,18,22). The largest absolute Gasteiger partial charge is 0.443 e. The van der Waals surface area contributed by atoms with E-state index >= 15 is 0 Å². The number of oxazole rings is 1. The molecule has 3 aromatic rings. The molecule has 0 unspecified atom stereocenters. The lowest BCUT2D eigenvalue weighted by Crippen LogP contribution is -2.35. The Morgan fingerprint density at radius 1 is 1.38 bits per heavy atom. The summed E-state index contributed by atoms with van der Waals surface area (Å²) in [5, 5.41) is 11.0. The van der Waals surface area contributed by atoms with Crippen molar-refractivity contribution in [2.45, 2.75) is 13.5 Å². The van der Waals surface area contributed by atoms with E-state index in [4.69, 9.17) is 4.42 Å². The minimum atomic E-state index is -0.764. The summed E-state index contributed by atoms with van der Waals surface area (Å²) < 4.78 is 6.84. The molecule has 2 N–H and O–H groups in total. The predicted octanol–water partition coefficient (Wildman–Crippen LogP) is 1.70. The number of aryl methyl sites for hydroxylation is 2. The summed E-state index contributed by atoms with van der Waals surface area (Å²) in [7, 11) is 1.68. The molecule has 3 aromatic heterocycles. The molecule has 0 aliphatic heterocycles. The molecule has 8 nitrogen and oxygen atoms in total. The van der Waals surface area contributed by atoms with Gasteiger partial charge in [0.05, 0.1) is 22.8 Å². The molecule has 0 aromatic carbocycles. The van der Waals surface area contributed by atoms with Crippen molar-refractivity contribution in [3.05, 3.63) is 41.2 Å². The number of hydrogen-bond acceptors (Lipinski definition) is 6. The second-order valence-corrected chi connectivity index (χ2v) is 6.00. The third kappa shape index (κ3) is 3.51. The van der Waals surface area contributed by atoms with Gasteiger partial charge in [-0.05, 0) is 18.4 Å². The summed E-state index contributed by atoms with van der Waals surface area (Å²) in [6.07, 6.45) is 1.46. The quantitative estimate of drug-likeness (QED) is 0.701. The minimum absolute atomic E-state index is 0.103. The van der Waals surface area contributed by atoms with Crippen molar-refractivity contribution in [3.8, 4) is 10.8 Å². The first kappa shape index (κ1) is 15.9. The Kier molecular flexibility index (Phi) is 4.43. The molecule has 0 saturated heterocycles. The Hall–Kier alpha value is -2.94. The van der Waals surface area contributed by atoms with Crippen LogP contribution >= 0.6 is 11.3 Å². The number of carbonyl (C=O) groups excluding carboxylic acids is 2. The maximum Gasteiger partial charge on any atom is 0.314 e. The van der Waals surface area contributed by atoms with Crippen LogP contribution < -0.4 is 10.6 Å². The highest BCUT2D eigenvalue weighted by Gasteiger charge is 2.16. The van der Waals surface area contributed by atoms with Crippen molar-refractivity contribution >= 4 is 29.0 Å². The fourth-order valence-corrected chi connectivity index (χ4v) is 2.71. The van der Waals surface area contributed by atoms with Crippen LogP contribution in [0.15, 0.2) is 34.3 Å². The summed E-state index contributed by atoms with van der Waals surface area (Å²) in [5.74, 6) is -0.576. The van der Waals surface area contributed by atoms with Crippen LogP contribution in [0.3, 0.4) is 0 Å².